The Bertz CT molecular complexity index is 444. The highest BCUT2D eigenvalue weighted by atomic mass is 35.5. The van der Waals surface area contributed by atoms with Gasteiger partial charge in [-0.15, -0.1) is 11.3 Å². The van der Waals surface area contributed by atoms with Crippen molar-refractivity contribution in [2.24, 2.45) is 5.92 Å². The Balaban J connectivity index is 1.90. The maximum absolute atomic E-state index is 12.1. The van der Waals surface area contributed by atoms with Crippen LogP contribution in [0.25, 0.3) is 0 Å². The van der Waals surface area contributed by atoms with E-state index in [0.29, 0.717) is 27.7 Å². The van der Waals surface area contributed by atoms with Crippen molar-refractivity contribution in [3.8, 4) is 0 Å². The van der Waals surface area contributed by atoms with Crippen LogP contribution in [-0.4, -0.2) is 49.7 Å². The summed E-state index contributed by atoms with van der Waals surface area (Å²) in [6, 6.07) is 3.86. The Labute approximate surface area is 129 Å². The number of halogens is 1. The second-order valence-corrected chi connectivity index (χ2v) is 6.99. The summed E-state index contributed by atoms with van der Waals surface area (Å²) in [6.07, 6.45) is 0. The lowest BCUT2D eigenvalue weighted by atomic mass is 10.0. The lowest BCUT2D eigenvalue weighted by Gasteiger charge is -2.36. The molecule has 112 valence electrons. The van der Waals surface area contributed by atoms with Crippen molar-refractivity contribution >= 4 is 28.8 Å². The maximum Gasteiger partial charge on any atom is 0.261 e. The average Bonchev–Trinajstić information content (AvgIpc) is 2.86. The number of hydrogen-bond donors (Lipinski definition) is 1. The third kappa shape index (κ3) is 4.19. The van der Waals surface area contributed by atoms with E-state index in [-0.39, 0.29) is 5.91 Å². The van der Waals surface area contributed by atoms with E-state index in [2.05, 4.69) is 24.1 Å². The number of rotatable bonds is 5. The van der Waals surface area contributed by atoms with Crippen molar-refractivity contribution < 1.29 is 9.53 Å². The molecule has 1 amide bonds. The monoisotopic (exact) mass is 316 g/mol. The van der Waals surface area contributed by atoms with Gasteiger partial charge in [-0.2, -0.15) is 0 Å². The van der Waals surface area contributed by atoms with Gasteiger partial charge in [-0.05, 0) is 18.1 Å². The van der Waals surface area contributed by atoms with E-state index in [1.54, 1.807) is 12.1 Å². The van der Waals surface area contributed by atoms with Crippen LogP contribution in [0.4, 0.5) is 0 Å². The molecule has 6 heteroatoms. The molecule has 0 spiro atoms. The van der Waals surface area contributed by atoms with Crippen LogP contribution in [0, 0.1) is 5.92 Å². The van der Waals surface area contributed by atoms with Crippen molar-refractivity contribution in [3.05, 3.63) is 21.3 Å². The lowest BCUT2D eigenvalue weighted by Crippen LogP contribution is -2.51. The zero-order chi connectivity index (χ0) is 14.5. The number of morpholine rings is 1. The van der Waals surface area contributed by atoms with Crippen LogP contribution in [0.2, 0.25) is 4.34 Å². The minimum Gasteiger partial charge on any atom is -0.379 e. The molecule has 0 aromatic carbocycles. The van der Waals surface area contributed by atoms with Crippen molar-refractivity contribution in [1.29, 1.82) is 0 Å². The van der Waals surface area contributed by atoms with E-state index in [1.165, 1.54) is 11.3 Å². The van der Waals surface area contributed by atoms with Gasteiger partial charge in [0.1, 0.15) is 0 Å². The lowest BCUT2D eigenvalue weighted by molar-refractivity contribution is 0.00674. The molecule has 4 nitrogen and oxygen atoms in total. The molecular weight excluding hydrogens is 296 g/mol. The van der Waals surface area contributed by atoms with Gasteiger partial charge in [0.15, 0.2) is 0 Å². The zero-order valence-corrected chi connectivity index (χ0v) is 13.5. The van der Waals surface area contributed by atoms with Crippen molar-refractivity contribution in [1.82, 2.24) is 10.2 Å². The van der Waals surface area contributed by atoms with E-state index in [1.807, 2.05) is 0 Å². The highest BCUT2D eigenvalue weighted by Gasteiger charge is 2.24. The molecule has 1 aliphatic heterocycles. The van der Waals surface area contributed by atoms with Gasteiger partial charge in [0.2, 0.25) is 0 Å². The van der Waals surface area contributed by atoms with Gasteiger partial charge in [-0.3, -0.25) is 9.69 Å². The van der Waals surface area contributed by atoms with Crippen LogP contribution >= 0.6 is 22.9 Å². The molecule has 1 aromatic heterocycles. The SMILES string of the molecule is CC(C)[C@H](CNC(=O)c1ccc(Cl)s1)N1CCOCC1. The number of ether oxygens (including phenoxy) is 1. The summed E-state index contributed by atoms with van der Waals surface area (Å²) in [5.74, 6) is 0.445. The van der Waals surface area contributed by atoms with Gasteiger partial charge in [0.05, 0.1) is 22.4 Å². The molecule has 20 heavy (non-hydrogen) atoms. The average molecular weight is 317 g/mol. The van der Waals surface area contributed by atoms with E-state index in [9.17, 15) is 4.79 Å². The molecule has 0 saturated carbocycles. The zero-order valence-electron chi connectivity index (χ0n) is 11.9. The molecule has 2 rings (SSSR count). The first-order chi connectivity index (χ1) is 9.58. The van der Waals surface area contributed by atoms with Gasteiger partial charge in [-0.1, -0.05) is 25.4 Å². The largest absolute Gasteiger partial charge is 0.379 e. The van der Waals surface area contributed by atoms with Gasteiger partial charge in [-0.25, -0.2) is 0 Å². The number of carbonyl (C=O) groups excluding carboxylic acids is 1. The highest BCUT2D eigenvalue weighted by molar-refractivity contribution is 7.17. The molecule has 1 aliphatic rings. The fourth-order valence-corrected chi connectivity index (χ4v) is 3.38. The summed E-state index contributed by atoms with van der Waals surface area (Å²) < 4.78 is 6.03. The maximum atomic E-state index is 12.1. The van der Waals surface area contributed by atoms with E-state index in [4.69, 9.17) is 16.3 Å². The highest BCUT2D eigenvalue weighted by Crippen LogP contribution is 2.21. The van der Waals surface area contributed by atoms with Crippen LogP contribution in [-0.2, 0) is 4.74 Å². The first-order valence-electron chi connectivity index (χ1n) is 6.93. The second-order valence-electron chi connectivity index (χ2n) is 5.27. The fraction of sp³-hybridized carbons (Fsp3) is 0.643. The number of hydrogen-bond acceptors (Lipinski definition) is 4. The molecular formula is C14H21ClN2O2S. The molecule has 1 aromatic rings. The third-order valence-electron chi connectivity index (χ3n) is 3.55. The van der Waals surface area contributed by atoms with E-state index in [0.717, 1.165) is 26.3 Å². The number of nitrogens with zero attached hydrogens (tertiary/aromatic N) is 1. The van der Waals surface area contributed by atoms with Crippen LogP contribution in [0.15, 0.2) is 12.1 Å². The Kier molecular flexibility index (Phi) is 5.84. The van der Waals surface area contributed by atoms with Crippen molar-refractivity contribution in [2.45, 2.75) is 19.9 Å². The predicted octanol–water partition coefficient (Wildman–Crippen LogP) is 2.49. The summed E-state index contributed by atoms with van der Waals surface area (Å²) in [6.45, 7) is 8.46. The standard InChI is InChI=1S/C14H21ClN2O2S/c1-10(2)11(17-5-7-19-8-6-17)9-16-14(18)12-3-4-13(15)20-12/h3-4,10-11H,5-9H2,1-2H3,(H,16,18)/t11-/m0/s1. The minimum absolute atomic E-state index is 0.0409. The number of amides is 1. The smallest absolute Gasteiger partial charge is 0.261 e. The Morgan fingerprint density at radius 1 is 1.45 bits per heavy atom. The van der Waals surface area contributed by atoms with Gasteiger partial charge in [0.25, 0.3) is 5.91 Å². The second kappa shape index (κ2) is 7.41. The van der Waals surface area contributed by atoms with E-state index < -0.39 is 0 Å². The normalized spacial score (nSPS) is 18.2. The molecule has 2 heterocycles. The first kappa shape index (κ1) is 15.8. The van der Waals surface area contributed by atoms with Gasteiger partial charge < -0.3 is 10.1 Å². The van der Waals surface area contributed by atoms with E-state index >= 15 is 0 Å². The first-order valence-corrected chi connectivity index (χ1v) is 8.12. The molecule has 1 fully saturated rings. The number of nitrogens with one attached hydrogen (secondary N) is 1. The van der Waals surface area contributed by atoms with Crippen LogP contribution in [0.5, 0.6) is 0 Å². The van der Waals surface area contributed by atoms with Crippen molar-refractivity contribution in [2.75, 3.05) is 32.8 Å². The Morgan fingerprint density at radius 3 is 2.70 bits per heavy atom. The number of thiophene rings is 1. The third-order valence-corrected chi connectivity index (χ3v) is 4.78. The summed E-state index contributed by atoms with van der Waals surface area (Å²) >= 11 is 7.17. The molecule has 0 unspecified atom stereocenters. The number of carbonyl (C=O) groups is 1. The van der Waals surface area contributed by atoms with Crippen LogP contribution < -0.4 is 5.32 Å². The quantitative estimate of drug-likeness (QED) is 0.907. The molecule has 1 atom stereocenters. The van der Waals surface area contributed by atoms with Crippen LogP contribution in [0.3, 0.4) is 0 Å². The molecule has 0 radical (unpaired) electrons. The summed E-state index contributed by atoms with van der Waals surface area (Å²) in [7, 11) is 0. The molecule has 1 N–H and O–H groups in total. The topological polar surface area (TPSA) is 41.6 Å². The molecule has 0 bridgehead atoms. The summed E-state index contributed by atoms with van der Waals surface area (Å²) in [4.78, 5) is 15.1. The summed E-state index contributed by atoms with van der Waals surface area (Å²) in [5.41, 5.74) is 0. The van der Waals surface area contributed by atoms with Gasteiger partial charge in [0, 0.05) is 25.7 Å². The molecule has 1 saturated heterocycles. The Morgan fingerprint density at radius 2 is 2.15 bits per heavy atom. The summed E-state index contributed by atoms with van der Waals surface area (Å²) in [5, 5.41) is 3.02. The fourth-order valence-electron chi connectivity index (χ4n) is 2.42. The minimum atomic E-state index is -0.0409. The molecule has 0 aliphatic carbocycles. The Hall–Kier alpha value is -0.620. The van der Waals surface area contributed by atoms with Crippen molar-refractivity contribution in [3.63, 3.8) is 0 Å². The van der Waals surface area contributed by atoms with Gasteiger partial charge >= 0.3 is 0 Å². The predicted molar refractivity (Wildman–Crippen MR) is 82.7 cm³/mol. The van der Waals surface area contributed by atoms with Crippen LogP contribution in [0.1, 0.15) is 23.5 Å².